The minimum atomic E-state index is -3.76. The fourth-order valence-corrected chi connectivity index (χ4v) is 5.29. The van der Waals surface area contributed by atoms with Crippen molar-refractivity contribution in [1.29, 1.82) is 0 Å². The van der Waals surface area contributed by atoms with Gasteiger partial charge in [0.1, 0.15) is 10.6 Å². The lowest BCUT2D eigenvalue weighted by molar-refractivity contribution is 0.181. The Morgan fingerprint density at radius 2 is 2.04 bits per heavy atom. The van der Waals surface area contributed by atoms with Gasteiger partial charge in [-0.1, -0.05) is 34.5 Å². The number of aromatic nitrogens is 3. The van der Waals surface area contributed by atoms with Gasteiger partial charge in [0.05, 0.1) is 28.9 Å². The second-order valence-electron chi connectivity index (χ2n) is 5.48. The molecule has 1 aliphatic rings. The summed E-state index contributed by atoms with van der Waals surface area (Å²) in [6, 6.07) is 4.56. The number of benzene rings is 1. The van der Waals surface area contributed by atoms with E-state index in [1.54, 1.807) is 24.1 Å². The molecule has 2 aromatic rings. The third-order valence-corrected chi connectivity index (χ3v) is 6.69. The van der Waals surface area contributed by atoms with Crippen molar-refractivity contribution < 1.29 is 13.2 Å². The third kappa shape index (κ3) is 3.29. The van der Waals surface area contributed by atoms with Crippen LogP contribution in [0.3, 0.4) is 0 Å². The van der Waals surface area contributed by atoms with Crippen molar-refractivity contribution >= 4 is 33.2 Å². The first-order valence-corrected chi connectivity index (χ1v) is 9.47. The van der Waals surface area contributed by atoms with Gasteiger partial charge >= 0.3 is 0 Å². The Hall–Kier alpha value is -1.19. The maximum absolute atomic E-state index is 12.9. The first kappa shape index (κ1) is 17.6. The molecule has 1 aliphatic heterocycles. The normalized spacial score (nSPS) is 19.0. The standard InChI is InChI=1S/C14H16Cl2N4O3S/c1-23-9-10-7-20(18-17-10)11-5-6-19(8-11)24(21,22)14-12(15)3-2-4-13(14)16/h2-4,7,11H,5-6,8-9H2,1H3/t11-/m0/s1. The van der Waals surface area contributed by atoms with Crippen molar-refractivity contribution in [3.63, 3.8) is 0 Å². The Balaban J connectivity index is 1.81. The van der Waals surface area contributed by atoms with Crippen LogP contribution < -0.4 is 0 Å². The molecular formula is C14H16Cl2N4O3S. The van der Waals surface area contributed by atoms with Crippen molar-refractivity contribution in [2.75, 3.05) is 20.2 Å². The molecule has 1 atom stereocenters. The summed E-state index contributed by atoms with van der Waals surface area (Å²) in [6.07, 6.45) is 2.41. The van der Waals surface area contributed by atoms with E-state index in [0.717, 1.165) is 0 Å². The van der Waals surface area contributed by atoms with E-state index < -0.39 is 10.0 Å². The van der Waals surface area contributed by atoms with E-state index in [1.165, 1.54) is 16.4 Å². The summed E-state index contributed by atoms with van der Waals surface area (Å²) in [5, 5.41) is 8.30. The highest BCUT2D eigenvalue weighted by Gasteiger charge is 2.36. The van der Waals surface area contributed by atoms with Crippen LogP contribution in [0.1, 0.15) is 18.2 Å². The van der Waals surface area contributed by atoms with Crippen molar-refractivity contribution in [3.05, 3.63) is 40.1 Å². The van der Waals surface area contributed by atoms with E-state index >= 15 is 0 Å². The first-order chi connectivity index (χ1) is 11.4. The molecule has 0 bridgehead atoms. The van der Waals surface area contributed by atoms with E-state index in [1.807, 2.05) is 0 Å². The van der Waals surface area contributed by atoms with Crippen molar-refractivity contribution in [1.82, 2.24) is 19.3 Å². The Morgan fingerprint density at radius 3 is 2.71 bits per heavy atom. The number of ether oxygens (including phenoxy) is 1. The van der Waals surface area contributed by atoms with Crippen LogP contribution in [0, 0.1) is 0 Å². The van der Waals surface area contributed by atoms with Gasteiger partial charge in [0.25, 0.3) is 0 Å². The van der Waals surface area contributed by atoms with Gasteiger partial charge in [-0.2, -0.15) is 4.31 Å². The highest BCUT2D eigenvalue weighted by atomic mass is 35.5. The predicted octanol–water partition coefficient (Wildman–Crippen LogP) is 2.37. The summed E-state index contributed by atoms with van der Waals surface area (Å²) >= 11 is 12.1. The van der Waals surface area contributed by atoms with Crippen LogP contribution in [0.5, 0.6) is 0 Å². The number of nitrogens with zero attached hydrogens (tertiary/aromatic N) is 4. The fourth-order valence-electron chi connectivity index (χ4n) is 2.71. The lowest BCUT2D eigenvalue weighted by Crippen LogP contribution is -2.29. The molecule has 2 heterocycles. The quantitative estimate of drug-likeness (QED) is 0.782. The van der Waals surface area contributed by atoms with Crippen LogP contribution in [0.4, 0.5) is 0 Å². The molecule has 7 nitrogen and oxygen atoms in total. The average Bonchev–Trinajstić information content (AvgIpc) is 3.16. The molecule has 1 fully saturated rings. The smallest absolute Gasteiger partial charge is 0.246 e. The van der Waals surface area contributed by atoms with Crippen LogP contribution in [-0.2, 0) is 21.4 Å². The van der Waals surface area contributed by atoms with Gasteiger partial charge in [-0.25, -0.2) is 13.1 Å². The zero-order valence-corrected chi connectivity index (χ0v) is 15.2. The lowest BCUT2D eigenvalue weighted by Gasteiger charge is -2.18. The molecule has 3 rings (SSSR count). The summed E-state index contributed by atoms with van der Waals surface area (Å²) in [5.41, 5.74) is 0.702. The second-order valence-corrected chi connectivity index (χ2v) is 8.17. The molecule has 0 saturated carbocycles. The molecule has 0 N–H and O–H groups in total. The van der Waals surface area contributed by atoms with E-state index in [4.69, 9.17) is 27.9 Å². The Kier molecular flexibility index (Phi) is 5.12. The van der Waals surface area contributed by atoms with Gasteiger partial charge < -0.3 is 4.74 Å². The molecule has 0 radical (unpaired) electrons. The molecule has 10 heteroatoms. The number of rotatable bonds is 5. The summed E-state index contributed by atoms with van der Waals surface area (Å²) in [4.78, 5) is -0.0485. The van der Waals surface area contributed by atoms with Crippen LogP contribution in [0.25, 0.3) is 0 Å². The summed E-state index contributed by atoms with van der Waals surface area (Å²) in [6.45, 7) is 1.03. The monoisotopic (exact) mass is 390 g/mol. The maximum Gasteiger partial charge on any atom is 0.246 e. The predicted molar refractivity (Wildman–Crippen MR) is 89.6 cm³/mol. The summed E-state index contributed by atoms with van der Waals surface area (Å²) in [5.74, 6) is 0. The van der Waals surface area contributed by atoms with Crippen molar-refractivity contribution in [2.24, 2.45) is 0 Å². The van der Waals surface area contributed by atoms with Gasteiger partial charge in [0.15, 0.2) is 0 Å². The van der Waals surface area contributed by atoms with Gasteiger partial charge in [0, 0.05) is 20.2 Å². The number of sulfonamides is 1. The maximum atomic E-state index is 12.9. The Labute approximate surface area is 150 Å². The number of hydrogen-bond acceptors (Lipinski definition) is 5. The largest absolute Gasteiger partial charge is 0.378 e. The van der Waals surface area contributed by atoms with Gasteiger partial charge in [-0.15, -0.1) is 5.10 Å². The van der Waals surface area contributed by atoms with E-state index in [-0.39, 0.29) is 21.0 Å². The first-order valence-electron chi connectivity index (χ1n) is 7.27. The average molecular weight is 391 g/mol. The lowest BCUT2D eigenvalue weighted by atomic mass is 10.3. The van der Waals surface area contributed by atoms with Crippen LogP contribution in [0.2, 0.25) is 10.0 Å². The topological polar surface area (TPSA) is 77.3 Å². The highest BCUT2D eigenvalue weighted by Crippen LogP contribution is 2.34. The Morgan fingerprint density at radius 1 is 1.33 bits per heavy atom. The van der Waals surface area contributed by atoms with E-state index in [9.17, 15) is 8.42 Å². The molecule has 0 aliphatic carbocycles. The van der Waals surface area contributed by atoms with Crippen LogP contribution in [0.15, 0.2) is 29.3 Å². The summed E-state index contributed by atoms with van der Waals surface area (Å²) in [7, 11) is -2.18. The zero-order valence-electron chi connectivity index (χ0n) is 12.9. The minimum Gasteiger partial charge on any atom is -0.378 e. The van der Waals surface area contributed by atoms with E-state index in [0.29, 0.717) is 31.8 Å². The summed E-state index contributed by atoms with van der Waals surface area (Å²) < 4.78 is 33.8. The van der Waals surface area contributed by atoms with Gasteiger partial charge in [-0.3, -0.25) is 0 Å². The molecule has 1 aromatic carbocycles. The molecule has 1 saturated heterocycles. The number of hydrogen-bond donors (Lipinski definition) is 0. The molecule has 130 valence electrons. The molecule has 1 aromatic heterocycles. The minimum absolute atomic E-state index is 0.0485. The van der Waals surface area contributed by atoms with Crippen molar-refractivity contribution in [3.8, 4) is 0 Å². The highest BCUT2D eigenvalue weighted by molar-refractivity contribution is 7.89. The third-order valence-electron chi connectivity index (χ3n) is 3.87. The zero-order chi connectivity index (χ0) is 17.3. The van der Waals surface area contributed by atoms with Crippen molar-refractivity contribution in [2.45, 2.75) is 24.0 Å². The number of methoxy groups -OCH3 is 1. The molecule has 0 unspecified atom stereocenters. The molecule has 24 heavy (non-hydrogen) atoms. The molecule has 0 spiro atoms. The van der Waals surface area contributed by atoms with Gasteiger partial charge in [0.2, 0.25) is 10.0 Å². The SMILES string of the molecule is COCc1cn([C@H]2CCN(S(=O)(=O)c3c(Cl)cccc3Cl)C2)nn1. The number of halogens is 2. The van der Waals surface area contributed by atoms with Gasteiger partial charge in [-0.05, 0) is 18.6 Å². The van der Waals surface area contributed by atoms with E-state index in [2.05, 4.69) is 10.3 Å². The Bertz CT molecular complexity index is 820. The second kappa shape index (κ2) is 6.97. The van der Waals surface area contributed by atoms with Crippen LogP contribution in [-0.4, -0.2) is 47.9 Å². The molecule has 0 amide bonds. The fraction of sp³-hybridized carbons (Fsp3) is 0.429. The van der Waals surface area contributed by atoms with Crippen LogP contribution >= 0.6 is 23.2 Å². The molecular weight excluding hydrogens is 375 g/mol.